The fraction of sp³-hybridized carbons (Fsp3) is 0.933. The van der Waals surface area contributed by atoms with E-state index in [1.807, 2.05) is 4.90 Å². The van der Waals surface area contributed by atoms with Crippen LogP contribution >= 0.6 is 0 Å². The van der Waals surface area contributed by atoms with Gasteiger partial charge in [-0.15, -0.1) is 0 Å². The van der Waals surface area contributed by atoms with Crippen molar-refractivity contribution in [2.45, 2.75) is 56.7 Å². The Bertz CT molecular complexity index is 336. The number of aliphatic hydroxyl groups excluding tert-OH is 1. The van der Waals surface area contributed by atoms with Gasteiger partial charge in [-0.2, -0.15) is 0 Å². The Morgan fingerprint density at radius 3 is 2.40 bits per heavy atom. The summed E-state index contributed by atoms with van der Waals surface area (Å²) in [6.45, 7) is 4.71. The second kappa shape index (κ2) is 6.41. The summed E-state index contributed by atoms with van der Waals surface area (Å²) in [5, 5.41) is 13.0. The first-order chi connectivity index (χ1) is 9.75. The zero-order valence-electron chi connectivity index (χ0n) is 12.3. The molecule has 1 unspecified atom stereocenters. The van der Waals surface area contributed by atoms with Gasteiger partial charge in [0.05, 0.1) is 12.1 Å². The van der Waals surface area contributed by atoms with E-state index in [2.05, 4.69) is 10.2 Å². The molecule has 3 aliphatic rings. The highest BCUT2D eigenvalue weighted by molar-refractivity contribution is 5.82. The maximum absolute atomic E-state index is 12.7. The van der Waals surface area contributed by atoms with Crippen LogP contribution in [0.5, 0.6) is 0 Å². The van der Waals surface area contributed by atoms with Gasteiger partial charge < -0.3 is 15.3 Å². The third kappa shape index (κ3) is 3.00. The van der Waals surface area contributed by atoms with Crippen molar-refractivity contribution in [2.75, 3.05) is 32.7 Å². The van der Waals surface area contributed by atoms with E-state index >= 15 is 0 Å². The van der Waals surface area contributed by atoms with Crippen molar-refractivity contribution in [2.24, 2.45) is 0 Å². The lowest BCUT2D eigenvalue weighted by Gasteiger charge is -2.38. The van der Waals surface area contributed by atoms with Crippen LogP contribution in [0.1, 0.15) is 38.5 Å². The normalized spacial score (nSPS) is 30.9. The second-order valence-electron chi connectivity index (χ2n) is 6.43. The van der Waals surface area contributed by atoms with Crippen LogP contribution in [0.3, 0.4) is 0 Å². The average molecular weight is 281 g/mol. The van der Waals surface area contributed by atoms with Gasteiger partial charge in [-0.25, -0.2) is 0 Å². The first-order valence-electron chi connectivity index (χ1n) is 8.19. The number of hydrogen-bond acceptors (Lipinski definition) is 4. The number of carbonyl (C=O) groups excluding carboxylic acids is 1. The molecule has 3 aliphatic heterocycles. The lowest BCUT2D eigenvalue weighted by molar-refractivity contribution is -0.139. The van der Waals surface area contributed by atoms with Crippen molar-refractivity contribution < 1.29 is 9.90 Å². The number of nitrogens with zero attached hydrogens (tertiary/aromatic N) is 2. The van der Waals surface area contributed by atoms with E-state index in [0.29, 0.717) is 11.9 Å². The largest absolute Gasteiger partial charge is 0.393 e. The summed E-state index contributed by atoms with van der Waals surface area (Å²) in [5.41, 5.74) is 0. The topological polar surface area (TPSA) is 55.8 Å². The number of carbonyl (C=O) groups is 1. The number of nitrogens with one attached hydrogen (secondary N) is 1. The molecule has 3 heterocycles. The second-order valence-corrected chi connectivity index (χ2v) is 6.43. The molecule has 0 radical (unpaired) electrons. The molecule has 0 aliphatic carbocycles. The first kappa shape index (κ1) is 14.3. The van der Waals surface area contributed by atoms with Gasteiger partial charge in [0.25, 0.3) is 0 Å². The van der Waals surface area contributed by atoms with Crippen LogP contribution in [0.25, 0.3) is 0 Å². The summed E-state index contributed by atoms with van der Waals surface area (Å²) in [4.78, 5) is 17.2. The lowest BCUT2D eigenvalue weighted by Crippen LogP contribution is -2.53. The summed E-state index contributed by atoms with van der Waals surface area (Å²) in [5.74, 6) is 0.313. The SMILES string of the molecule is O=C(C1CCCN1C1CCNCC1)N1CCC(O)CC1. The Kier molecular flexibility index (Phi) is 4.58. The van der Waals surface area contributed by atoms with Crippen LogP contribution in [0.15, 0.2) is 0 Å². The lowest BCUT2D eigenvalue weighted by atomic mass is 10.0. The van der Waals surface area contributed by atoms with Gasteiger partial charge in [0.2, 0.25) is 5.91 Å². The van der Waals surface area contributed by atoms with Crippen LogP contribution < -0.4 is 5.32 Å². The molecule has 0 aromatic heterocycles. The molecule has 5 nitrogen and oxygen atoms in total. The van der Waals surface area contributed by atoms with E-state index in [1.54, 1.807) is 0 Å². The third-order valence-corrected chi connectivity index (χ3v) is 5.13. The average Bonchev–Trinajstić information content (AvgIpc) is 2.97. The van der Waals surface area contributed by atoms with Crippen LogP contribution in [-0.2, 0) is 4.79 Å². The molecule has 3 saturated heterocycles. The maximum atomic E-state index is 12.7. The molecule has 2 N–H and O–H groups in total. The smallest absolute Gasteiger partial charge is 0.239 e. The fourth-order valence-corrected chi connectivity index (χ4v) is 3.93. The molecule has 1 atom stereocenters. The Morgan fingerprint density at radius 1 is 1.00 bits per heavy atom. The van der Waals surface area contributed by atoms with E-state index in [9.17, 15) is 9.90 Å². The molecule has 114 valence electrons. The van der Waals surface area contributed by atoms with E-state index in [0.717, 1.165) is 58.4 Å². The van der Waals surface area contributed by atoms with E-state index < -0.39 is 0 Å². The minimum absolute atomic E-state index is 0.105. The number of piperidine rings is 2. The van der Waals surface area contributed by atoms with Crippen LogP contribution in [0.2, 0.25) is 0 Å². The summed E-state index contributed by atoms with van der Waals surface area (Å²) in [7, 11) is 0. The van der Waals surface area contributed by atoms with E-state index in [-0.39, 0.29) is 12.1 Å². The van der Waals surface area contributed by atoms with Crippen LogP contribution in [0.4, 0.5) is 0 Å². The maximum Gasteiger partial charge on any atom is 0.239 e. The van der Waals surface area contributed by atoms with Crippen molar-refractivity contribution in [3.63, 3.8) is 0 Å². The molecule has 5 heteroatoms. The van der Waals surface area contributed by atoms with Gasteiger partial charge in [0, 0.05) is 19.1 Å². The van der Waals surface area contributed by atoms with Crippen LogP contribution in [0, 0.1) is 0 Å². The standard InChI is InChI=1S/C15H27N3O2/c19-13-5-10-17(11-6-13)15(20)14-2-1-9-18(14)12-3-7-16-8-4-12/h12-14,16,19H,1-11H2. The number of amides is 1. The molecule has 3 rings (SSSR count). The van der Waals surface area contributed by atoms with Gasteiger partial charge in [-0.3, -0.25) is 9.69 Å². The molecular formula is C15H27N3O2. The fourth-order valence-electron chi connectivity index (χ4n) is 3.93. The third-order valence-electron chi connectivity index (χ3n) is 5.13. The summed E-state index contributed by atoms with van der Waals surface area (Å²) >= 11 is 0. The van der Waals surface area contributed by atoms with Crippen molar-refractivity contribution in [1.29, 1.82) is 0 Å². The van der Waals surface area contributed by atoms with Crippen molar-refractivity contribution >= 4 is 5.91 Å². The van der Waals surface area contributed by atoms with Gasteiger partial charge >= 0.3 is 0 Å². The molecule has 0 aromatic carbocycles. The molecule has 0 spiro atoms. The zero-order chi connectivity index (χ0) is 13.9. The van der Waals surface area contributed by atoms with Gasteiger partial charge in [-0.05, 0) is 58.2 Å². The van der Waals surface area contributed by atoms with Crippen LogP contribution in [-0.4, -0.2) is 71.7 Å². The molecule has 0 aromatic rings. The molecule has 3 fully saturated rings. The van der Waals surface area contributed by atoms with Gasteiger partial charge in [0.15, 0.2) is 0 Å². The molecule has 0 saturated carbocycles. The Hall–Kier alpha value is -0.650. The van der Waals surface area contributed by atoms with Crippen molar-refractivity contribution in [1.82, 2.24) is 15.1 Å². The van der Waals surface area contributed by atoms with Gasteiger partial charge in [0.1, 0.15) is 0 Å². The first-order valence-corrected chi connectivity index (χ1v) is 8.19. The quantitative estimate of drug-likeness (QED) is 0.758. The molecular weight excluding hydrogens is 254 g/mol. The van der Waals surface area contributed by atoms with Gasteiger partial charge in [-0.1, -0.05) is 0 Å². The highest BCUT2D eigenvalue weighted by atomic mass is 16.3. The molecule has 1 amide bonds. The minimum Gasteiger partial charge on any atom is -0.393 e. The van der Waals surface area contributed by atoms with E-state index in [4.69, 9.17) is 0 Å². The Balaban J connectivity index is 1.60. The number of hydrogen-bond donors (Lipinski definition) is 2. The highest BCUT2D eigenvalue weighted by Gasteiger charge is 2.38. The minimum atomic E-state index is -0.205. The number of likely N-dealkylation sites (tertiary alicyclic amines) is 2. The number of rotatable bonds is 2. The summed E-state index contributed by atoms with van der Waals surface area (Å²) in [6, 6.07) is 0.691. The summed E-state index contributed by atoms with van der Waals surface area (Å²) in [6.07, 6.45) is 5.78. The number of aliphatic hydroxyl groups is 1. The zero-order valence-corrected chi connectivity index (χ0v) is 12.3. The predicted molar refractivity (Wildman–Crippen MR) is 77.4 cm³/mol. The summed E-state index contributed by atoms with van der Waals surface area (Å²) < 4.78 is 0. The predicted octanol–water partition coefficient (Wildman–Crippen LogP) is 0.186. The monoisotopic (exact) mass is 281 g/mol. The molecule has 0 bridgehead atoms. The molecule has 20 heavy (non-hydrogen) atoms. The Morgan fingerprint density at radius 2 is 1.70 bits per heavy atom. The Labute approximate surface area is 121 Å². The van der Waals surface area contributed by atoms with Crippen molar-refractivity contribution in [3.8, 4) is 0 Å². The highest BCUT2D eigenvalue weighted by Crippen LogP contribution is 2.26. The van der Waals surface area contributed by atoms with Crippen molar-refractivity contribution in [3.05, 3.63) is 0 Å². The van der Waals surface area contributed by atoms with E-state index in [1.165, 1.54) is 12.8 Å².